The van der Waals surface area contributed by atoms with E-state index >= 15 is 0 Å². The topological polar surface area (TPSA) is 30.6 Å². The average molecular weight is 234 g/mol. The highest BCUT2D eigenvalue weighted by Crippen LogP contribution is 2.19. The van der Waals surface area contributed by atoms with E-state index in [0.29, 0.717) is 0 Å². The number of nitrogens with one attached hydrogen (secondary N) is 1. The van der Waals surface area contributed by atoms with Crippen LogP contribution in [0, 0.1) is 0 Å². The molecule has 0 spiro atoms. The van der Waals surface area contributed by atoms with Gasteiger partial charge in [-0.1, -0.05) is 30.1 Å². The Morgan fingerprint density at radius 1 is 1.50 bits per heavy atom. The second kappa shape index (κ2) is 6.93. The van der Waals surface area contributed by atoms with Gasteiger partial charge in [0.05, 0.1) is 7.05 Å². The van der Waals surface area contributed by atoms with Crippen molar-refractivity contribution in [1.82, 2.24) is 0 Å². The molecular formula is C13H18N2S+2. The Bertz CT molecular complexity index is 425. The summed E-state index contributed by atoms with van der Waals surface area (Å²) in [6, 6.07) is 4.25. The lowest BCUT2D eigenvalue weighted by Gasteiger charge is -1.88. The molecule has 0 aliphatic carbocycles. The summed E-state index contributed by atoms with van der Waals surface area (Å²) in [5.41, 5.74) is 1.09. The van der Waals surface area contributed by atoms with Gasteiger partial charge in [-0.15, -0.1) is 0 Å². The van der Waals surface area contributed by atoms with Crippen LogP contribution in [0.15, 0.2) is 42.5 Å². The highest BCUT2D eigenvalue weighted by molar-refractivity contribution is 7.16. The molecule has 0 unspecified atom stereocenters. The monoisotopic (exact) mass is 234 g/mol. The lowest BCUT2D eigenvalue weighted by molar-refractivity contribution is -0.535. The summed E-state index contributed by atoms with van der Waals surface area (Å²) in [7, 11) is 3.93. The van der Waals surface area contributed by atoms with Crippen LogP contribution in [0.5, 0.6) is 0 Å². The Morgan fingerprint density at radius 2 is 2.31 bits per heavy atom. The summed E-state index contributed by atoms with van der Waals surface area (Å²) in [4.78, 5) is 4.21. The molecule has 0 saturated carbocycles. The number of allylic oxidation sites excluding steroid dienone is 4. The smallest absolute Gasteiger partial charge is 0.185 e. The first-order valence-corrected chi connectivity index (χ1v) is 6.02. The third-order valence-corrected chi connectivity index (χ3v) is 3.17. The quantitative estimate of drug-likeness (QED) is 0.548. The maximum absolute atomic E-state index is 3.78. The Balaban J connectivity index is 2.74. The minimum Gasteiger partial charge on any atom is -0.307 e. The molecule has 0 fully saturated rings. The Labute approximate surface area is 101 Å². The highest BCUT2D eigenvalue weighted by Gasteiger charge is 1.97. The molecule has 0 aromatic carbocycles. The van der Waals surface area contributed by atoms with Gasteiger partial charge >= 0.3 is 0 Å². The molecule has 1 aromatic heterocycles. The standard InChI is InChI=1S/C13H16N2S/c1-4-11(9-10-14-2)5-6-12-7-8-13(15-3)16-12/h4-10,15H,1H2,2-3H3/p+2/b6-5+,11-9+,14-10?. The van der Waals surface area contributed by atoms with Crippen molar-refractivity contribution in [2.75, 3.05) is 14.1 Å². The Hall–Kier alpha value is -1.45. The van der Waals surface area contributed by atoms with Crippen molar-refractivity contribution >= 4 is 28.6 Å². The molecule has 0 bridgehead atoms. The fraction of sp³-hybridized carbons (Fsp3) is 0.154. The van der Waals surface area contributed by atoms with Crippen molar-refractivity contribution in [3.8, 4) is 0 Å². The first-order valence-electron chi connectivity index (χ1n) is 5.20. The fourth-order valence-corrected chi connectivity index (χ4v) is 1.96. The lowest BCUT2D eigenvalue weighted by atomic mass is 10.2. The van der Waals surface area contributed by atoms with Gasteiger partial charge in [-0.05, 0) is 17.7 Å². The zero-order chi connectivity index (χ0) is 11.8. The first-order chi connectivity index (χ1) is 7.80. The number of rotatable bonds is 5. The van der Waals surface area contributed by atoms with E-state index in [4.69, 9.17) is 0 Å². The number of hydrogen-bond donors (Lipinski definition) is 2. The van der Waals surface area contributed by atoms with Crippen LogP contribution in [0.25, 0.3) is 6.08 Å². The molecule has 0 saturated heterocycles. The van der Waals surface area contributed by atoms with Gasteiger partial charge in [0.25, 0.3) is 0 Å². The van der Waals surface area contributed by atoms with Crippen LogP contribution in [-0.2, 0) is 0 Å². The second-order valence-electron chi connectivity index (χ2n) is 3.19. The predicted octanol–water partition coefficient (Wildman–Crippen LogP) is 0.480. The van der Waals surface area contributed by atoms with Gasteiger partial charge in [0, 0.05) is 17.0 Å². The molecule has 1 heterocycles. The Kier molecular flexibility index (Phi) is 5.46. The third kappa shape index (κ3) is 3.96. The van der Waals surface area contributed by atoms with E-state index in [9.17, 15) is 0 Å². The van der Waals surface area contributed by atoms with Crippen molar-refractivity contribution in [2.45, 2.75) is 0 Å². The van der Waals surface area contributed by atoms with Crippen molar-refractivity contribution in [1.29, 1.82) is 0 Å². The van der Waals surface area contributed by atoms with E-state index < -0.39 is 0 Å². The van der Waals surface area contributed by atoms with E-state index in [1.165, 1.54) is 9.88 Å². The number of quaternary nitrogens is 1. The number of nitrogens with two attached hydrogens (primary N) is 1. The maximum Gasteiger partial charge on any atom is 0.185 e. The van der Waals surface area contributed by atoms with Gasteiger partial charge in [-0.25, -0.2) is 0 Å². The number of thiophene rings is 1. The molecule has 84 valence electrons. The van der Waals surface area contributed by atoms with Crippen LogP contribution >= 0.6 is 11.3 Å². The summed E-state index contributed by atoms with van der Waals surface area (Å²) in [5.74, 6) is 0. The van der Waals surface area contributed by atoms with Gasteiger partial charge in [0.2, 0.25) is 0 Å². The maximum atomic E-state index is 3.78. The van der Waals surface area contributed by atoms with Gasteiger partial charge < -0.3 is 5.32 Å². The Morgan fingerprint density at radius 3 is 2.88 bits per heavy atom. The van der Waals surface area contributed by atoms with E-state index in [2.05, 4.69) is 48.2 Å². The van der Waals surface area contributed by atoms with Crippen LogP contribution in [0.2, 0.25) is 0 Å². The molecule has 1 aromatic rings. The largest absolute Gasteiger partial charge is 0.307 e. The third-order valence-electron chi connectivity index (χ3n) is 2.05. The molecule has 0 amide bonds. The summed E-state index contributed by atoms with van der Waals surface area (Å²) in [5, 5.41) is 3.41. The van der Waals surface area contributed by atoms with Crippen LogP contribution in [0.4, 0.5) is 5.00 Å². The molecule has 0 atom stereocenters. The normalized spacial score (nSPS) is 12.8. The van der Waals surface area contributed by atoms with Gasteiger partial charge in [0.1, 0.15) is 7.05 Å². The van der Waals surface area contributed by atoms with Crippen molar-refractivity contribution in [3.63, 3.8) is 0 Å². The minimum atomic E-state index is 1.09. The van der Waals surface area contributed by atoms with Crippen LogP contribution in [0.3, 0.4) is 0 Å². The highest BCUT2D eigenvalue weighted by atomic mass is 32.1. The summed E-state index contributed by atoms with van der Waals surface area (Å²) < 4.78 is 0. The molecule has 16 heavy (non-hydrogen) atoms. The SMILES string of the molecule is C=CC(/C=C/c1ccc([NH2+]C)s1)=C\C=[NH+]C. The van der Waals surface area contributed by atoms with Gasteiger partial charge in [0.15, 0.2) is 11.2 Å². The molecule has 1 rings (SSSR count). The zero-order valence-corrected chi connectivity index (χ0v) is 10.6. The van der Waals surface area contributed by atoms with E-state index in [-0.39, 0.29) is 0 Å². The van der Waals surface area contributed by atoms with Crippen molar-refractivity contribution < 1.29 is 10.3 Å². The molecule has 0 aliphatic heterocycles. The minimum absolute atomic E-state index is 1.09. The molecule has 0 aliphatic rings. The summed E-state index contributed by atoms with van der Waals surface area (Å²) in [6.45, 7) is 3.78. The van der Waals surface area contributed by atoms with E-state index in [1.54, 1.807) is 11.3 Å². The van der Waals surface area contributed by atoms with Gasteiger partial charge in [-0.3, -0.25) is 4.99 Å². The van der Waals surface area contributed by atoms with Gasteiger partial charge in [-0.2, -0.15) is 0 Å². The second-order valence-corrected chi connectivity index (χ2v) is 4.34. The molecule has 0 radical (unpaired) electrons. The van der Waals surface area contributed by atoms with E-state index in [0.717, 1.165) is 5.57 Å². The molecule has 3 heteroatoms. The molecule has 2 nitrogen and oxygen atoms in total. The lowest BCUT2D eigenvalue weighted by Crippen LogP contribution is -2.72. The van der Waals surface area contributed by atoms with Crippen LogP contribution < -0.4 is 10.3 Å². The number of hydrogen-bond acceptors (Lipinski definition) is 1. The zero-order valence-electron chi connectivity index (χ0n) is 9.73. The molecular weight excluding hydrogens is 216 g/mol. The van der Waals surface area contributed by atoms with Crippen molar-refractivity contribution in [3.05, 3.63) is 47.4 Å². The summed E-state index contributed by atoms with van der Waals surface area (Å²) >= 11 is 1.78. The van der Waals surface area contributed by atoms with Crippen LogP contribution in [-0.4, -0.2) is 20.3 Å². The average Bonchev–Trinajstić information content (AvgIpc) is 2.77. The first kappa shape index (κ1) is 12.6. The van der Waals surface area contributed by atoms with E-state index in [1.807, 2.05) is 25.4 Å². The van der Waals surface area contributed by atoms with Crippen molar-refractivity contribution in [2.24, 2.45) is 0 Å². The summed E-state index contributed by atoms with van der Waals surface area (Å²) in [6.07, 6.45) is 9.89. The fourth-order valence-electron chi connectivity index (χ4n) is 1.16. The predicted molar refractivity (Wildman–Crippen MR) is 72.1 cm³/mol. The van der Waals surface area contributed by atoms with Crippen LogP contribution in [0.1, 0.15) is 4.88 Å². The molecule has 3 N–H and O–H groups in total.